The van der Waals surface area contributed by atoms with Crippen LogP contribution in [0.1, 0.15) is 23.7 Å². The van der Waals surface area contributed by atoms with Crippen molar-refractivity contribution in [2.45, 2.75) is 12.3 Å². The Balaban J connectivity index is 2.35. The zero-order valence-electron chi connectivity index (χ0n) is 9.19. The lowest BCUT2D eigenvalue weighted by Gasteiger charge is -2.09. The van der Waals surface area contributed by atoms with Gasteiger partial charge in [0.2, 0.25) is 0 Å². The van der Waals surface area contributed by atoms with Gasteiger partial charge < -0.3 is 5.11 Å². The molecule has 0 aromatic carbocycles. The van der Waals surface area contributed by atoms with Crippen LogP contribution in [0.5, 0.6) is 0 Å². The molecule has 0 spiro atoms. The minimum absolute atomic E-state index is 0.0859. The van der Waals surface area contributed by atoms with Crippen molar-refractivity contribution in [1.82, 2.24) is 25.2 Å². The average Bonchev–Trinajstić information content (AvgIpc) is 2.73. The fraction of sp³-hybridized carbons (Fsp3) is 0.300. The molecular weight excluding hydrogens is 222 g/mol. The average molecular weight is 233 g/mol. The predicted octanol–water partition coefficient (Wildman–Crippen LogP) is 0.212. The van der Waals surface area contributed by atoms with Crippen LogP contribution in [0.2, 0.25) is 0 Å². The standard InChI is InChI=1S/C10H11N5O2/c1-15-13-10(12-14-15)8(5-9(16)17)7-3-2-4-11-6-7/h2-4,6,8H,5H2,1H3,(H,16,17). The molecule has 2 rings (SSSR count). The van der Waals surface area contributed by atoms with E-state index in [9.17, 15) is 4.79 Å². The van der Waals surface area contributed by atoms with Gasteiger partial charge in [-0.05, 0) is 16.8 Å². The molecule has 0 amide bonds. The topological polar surface area (TPSA) is 93.8 Å². The van der Waals surface area contributed by atoms with Crippen molar-refractivity contribution >= 4 is 5.97 Å². The number of pyridine rings is 1. The van der Waals surface area contributed by atoms with Gasteiger partial charge in [0, 0.05) is 12.4 Å². The molecule has 2 aromatic heterocycles. The fourth-order valence-corrected chi connectivity index (χ4v) is 1.55. The van der Waals surface area contributed by atoms with Crippen molar-refractivity contribution in [1.29, 1.82) is 0 Å². The molecule has 0 radical (unpaired) electrons. The zero-order valence-corrected chi connectivity index (χ0v) is 9.19. The largest absolute Gasteiger partial charge is 0.481 e. The van der Waals surface area contributed by atoms with E-state index in [1.54, 1.807) is 31.6 Å². The van der Waals surface area contributed by atoms with E-state index in [2.05, 4.69) is 20.4 Å². The van der Waals surface area contributed by atoms with Crippen molar-refractivity contribution < 1.29 is 9.90 Å². The normalized spacial score (nSPS) is 12.3. The molecule has 0 aliphatic rings. The van der Waals surface area contributed by atoms with Crippen molar-refractivity contribution in [2.75, 3.05) is 0 Å². The number of aryl methyl sites for hydroxylation is 1. The Morgan fingerprint density at radius 2 is 2.41 bits per heavy atom. The molecular formula is C10H11N5O2. The van der Waals surface area contributed by atoms with Crippen LogP contribution in [0.3, 0.4) is 0 Å². The van der Waals surface area contributed by atoms with Crippen LogP contribution < -0.4 is 0 Å². The summed E-state index contributed by atoms with van der Waals surface area (Å²) in [6.07, 6.45) is 3.16. The van der Waals surface area contributed by atoms with Gasteiger partial charge in [-0.25, -0.2) is 0 Å². The van der Waals surface area contributed by atoms with Gasteiger partial charge in [-0.15, -0.1) is 10.2 Å². The Kier molecular flexibility index (Phi) is 3.08. The lowest BCUT2D eigenvalue weighted by Crippen LogP contribution is -2.10. The summed E-state index contributed by atoms with van der Waals surface area (Å²) in [6.45, 7) is 0. The van der Waals surface area contributed by atoms with Crippen LogP contribution in [-0.4, -0.2) is 36.3 Å². The number of hydrogen-bond donors (Lipinski definition) is 1. The van der Waals surface area contributed by atoms with E-state index in [0.717, 1.165) is 5.56 Å². The molecule has 1 unspecified atom stereocenters. The molecule has 0 fully saturated rings. The first kappa shape index (κ1) is 11.2. The van der Waals surface area contributed by atoms with Crippen LogP contribution in [-0.2, 0) is 11.8 Å². The molecule has 0 saturated heterocycles. The summed E-state index contributed by atoms with van der Waals surface area (Å²) in [5.74, 6) is -0.941. The highest BCUT2D eigenvalue weighted by Gasteiger charge is 2.22. The lowest BCUT2D eigenvalue weighted by molar-refractivity contribution is -0.137. The van der Waals surface area contributed by atoms with E-state index in [0.29, 0.717) is 5.82 Å². The van der Waals surface area contributed by atoms with E-state index in [1.807, 2.05) is 0 Å². The van der Waals surface area contributed by atoms with E-state index in [4.69, 9.17) is 5.11 Å². The molecule has 0 saturated carbocycles. The summed E-state index contributed by atoms with van der Waals surface area (Å²) < 4.78 is 0. The summed E-state index contributed by atoms with van der Waals surface area (Å²) in [7, 11) is 1.64. The van der Waals surface area contributed by atoms with Gasteiger partial charge in [0.15, 0.2) is 5.82 Å². The van der Waals surface area contributed by atoms with Crippen molar-refractivity contribution in [3.63, 3.8) is 0 Å². The maximum Gasteiger partial charge on any atom is 0.304 e. The number of aromatic nitrogens is 5. The van der Waals surface area contributed by atoms with E-state index in [1.165, 1.54) is 4.80 Å². The number of aliphatic carboxylic acids is 1. The van der Waals surface area contributed by atoms with Crippen molar-refractivity contribution in [2.24, 2.45) is 7.05 Å². The van der Waals surface area contributed by atoms with E-state index in [-0.39, 0.29) is 6.42 Å². The monoisotopic (exact) mass is 233 g/mol. The van der Waals surface area contributed by atoms with Gasteiger partial charge in [0.1, 0.15) is 0 Å². The van der Waals surface area contributed by atoms with Crippen molar-refractivity contribution in [3.8, 4) is 0 Å². The molecule has 2 heterocycles. The Morgan fingerprint density at radius 3 is 2.94 bits per heavy atom. The van der Waals surface area contributed by atoms with E-state index < -0.39 is 11.9 Å². The Morgan fingerprint density at radius 1 is 1.59 bits per heavy atom. The van der Waals surface area contributed by atoms with Crippen LogP contribution >= 0.6 is 0 Å². The maximum atomic E-state index is 10.9. The van der Waals surface area contributed by atoms with Crippen molar-refractivity contribution in [3.05, 3.63) is 35.9 Å². The quantitative estimate of drug-likeness (QED) is 0.811. The molecule has 0 bridgehead atoms. The summed E-state index contributed by atoms with van der Waals surface area (Å²) in [5, 5.41) is 20.5. The highest BCUT2D eigenvalue weighted by Crippen LogP contribution is 2.23. The number of carbonyl (C=O) groups is 1. The van der Waals surface area contributed by atoms with Crippen LogP contribution in [0, 0.1) is 0 Å². The Labute approximate surface area is 97.1 Å². The molecule has 17 heavy (non-hydrogen) atoms. The third kappa shape index (κ3) is 2.63. The van der Waals surface area contributed by atoms with E-state index >= 15 is 0 Å². The Hall–Kier alpha value is -2.31. The smallest absolute Gasteiger partial charge is 0.304 e. The molecule has 0 aliphatic heterocycles. The second-order valence-electron chi connectivity index (χ2n) is 3.57. The highest BCUT2D eigenvalue weighted by molar-refractivity contribution is 5.68. The third-order valence-corrected chi connectivity index (χ3v) is 2.30. The first-order valence-corrected chi connectivity index (χ1v) is 5.02. The number of rotatable bonds is 4. The predicted molar refractivity (Wildman–Crippen MR) is 57.1 cm³/mol. The number of carboxylic acids is 1. The minimum atomic E-state index is -0.911. The first-order chi connectivity index (χ1) is 8.16. The van der Waals surface area contributed by atoms with Crippen LogP contribution in [0.4, 0.5) is 0 Å². The minimum Gasteiger partial charge on any atom is -0.481 e. The van der Waals surface area contributed by atoms with Gasteiger partial charge in [-0.2, -0.15) is 4.80 Å². The van der Waals surface area contributed by atoms with Gasteiger partial charge >= 0.3 is 5.97 Å². The molecule has 0 aliphatic carbocycles. The second kappa shape index (κ2) is 4.69. The molecule has 2 aromatic rings. The zero-order chi connectivity index (χ0) is 12.3. The summed E-state index contributed by atoms with van der Waals surface area (Å²) >= 11 is 0. The van der Waals surface area contributed by atoms with Gasteiger partial charge in [-0.1, -0.05) is 6.07 Å². The SMILES string of the molecule is Cn1nnc(C(CC(=O)O)c2cccnc2)n1. The van der Waals surface area contributed by atoms with Crippen LogP contribution in [0.25, 0.3) is 0 Å². The number of carboxylic acid groups (broad SMARTS) is 1. The lowest BCUT2D eigenvalue weighted by atomic mass is 9.97. The molecule has 1 N–H and O–H groups in total. The number of tetrazole rings is 1. The van der Waals surface area contributed by atoms with Gasteiger partial charge in [0.25, 0.3) is 0 Å². The molecule has 88 valence electrons. The fourth-order valence-electron chi connectivity index (χ4n) is 1.55. The highest BCUT2D eigenvalue weighted by atomic mass is 16.4. The number of hydrogen-bond acceptors (Lipinski definition) is 5. The Bertz CT molecular complexity index is 510. The summed E-state index contributed by atoms with van der Waals surface area (Å²) in [4.78, 5) is 16.1. The van der Waals surface area contributed by atoms with Gasteiger partial charge in [0.05, 0.1) is 19.4 Å². The first-order valence-electron chi connectivity index (χ1n) is 5.02. The third-order valence-electron chi connectivity index (χ3n) is 2.30. The second-order valence-corrected chi connectivity index (χ2v) is 3.57. The maximum absolute atomic E-state index is 10.9. The van der Waals surface area contributed by atoms with Gasteiger partial charge in [-0.3, -0.25) is 9.78 Å². The molecule has 1 atom stereocenters. The van der Waals surface area contributed by atoms with Crippen LogP contribution in [0.15, 0.2) is 24.5 Å². The summed E-state index contributed by atoms with van der Waals surface area (Å²) in [6, 6.07) is 3.55. The molecule has 7 heteroatoms. The number of nitrogens with zero attached hydrogens (tertiary/aromatic N) is 5. The molecule has 7 nitrogen and oxygen atoms in total. The summed E-state index contributed by atoms with van der Waals surface area (Å²) in [5.41, 5.74) is 0.767.